The lowest BCUT2D eigenvalue weighted by molar-refractivity contribution is -0.111. The van der Waals surface area contributed by atoms with Gasteiger partial charge in [0.15, 0.2) is 0 Å². The Bertz CT molecular complexity index is 195. The maximum Gasteiger partial charge on any atom is 0.230 e. The number of terminal acetylenes is 1. The Hall–Kier alpha value is -0.520. The number of hydrogen-bond acceptors (Lipinski definition) is 2. The third-order valence-electron chi connectivity index (χ3n) is 2.44. The van der Waals surface area contributed by atoms with E-state index in [9.17, 15) is 0 Å². The summed E-state index contributed by atoms with van der Waals surface area (Å²) in [5, 5.41) is 0. The van der Waals surface area contributed by atoms with Crippen molar-refractivity contribution in [3.63, 3.8) is 0 Å². The molecule has 0 aromatic carbocycles. The van der Waals surface area contributed by atoms with Crippen molar-refractivity contribution in [3.8, 4) is 12.3 Å². The second kappa shape index (κ2) is 3.47. The van der Waals surface area contributed by atoms with E-state index in [1.807, 2.05) is 0 Å². The first-order chi connectivity index (χ1) is 5.61. The molecule has 0 aromatic rings. The van der Waals surface area contributed by atoms with E-state index in [0.29, 0.717) is 12.5 Å². The van der Waals surface area contributed by atoms with Crippen LogP contribution in [0.4, 0.5) is 0 Å². The molecule has 2 nitrogen and oxygen atoms in total. The van der Waals surface area contributed by atoms with E-state index in [0.717, 1.165) is 6.42 Å². The summed E-state index contributed by atoms with van der Waals surface area (Å²) in [6, 6.07) is 0. The van der Waals surface area contributed by atoms with E-state index in [4.69, 9.17) is 15.9 Å². The molecular weight excluding hydrogens is 152 g/mol. The molecule has 0 radical (unpaired) electrons. The van der Waals surface area contributed by atoms with E-state index < -0.39 is 5.79 Å². The molecule has 3 unspecified atom stereocenters. The molecule has 1 aliphatic heterocycles. The maximum absolute atomic E-state index is 5.59. The molecule has 1 heterocycles. The highest BCUT2D eigenvalue weighted by Gasteiger charge is 2.37. The molecule has 1 fully saturated rings. The normalized spacial score (nSPS) is 37.7. The summed E-state index contributed by atoms with van der Waals surface area (Å²) in [5.74, 6) is 2.24. The molecule has 3 atom stereocenters. The van der Waals surface area contributed by atoms with E-state index in [1.54, 1.807) is 6.92 Å². The minimum atomic E-state index is -0.784. The highest BCUT2D eigenvalue weighted by molar-refractivity contribution is 5.02. The monoisotopic (exact) mass is 168 g/mol. The molecule has 0 spiro atoms. The zero-order valence-corrected chi connectivity index (χ0v) is 7.96. The van der Waals surface area contributed by atoms with Crippen molar-refractivity contribution in [2.45, 2.75) is 39.1 Å². The van der Waals surface area contributed by atoms with Gasteiger partial charge in [0.25, 0.3) is 0 Å². The zero-order chi connectivity index (χ0) is 9.19. The van der Waals surface area contributed by atoms with Crippen molar-refractivity contribution in [3.05, 3.63) is 0 Å². The second-order valence-electron chi connectivity index (χ2n) is 3.44. The van der Waals surface area contributed by atoms with Crippen LogP contribution in [0.15, 0.2) is 0 Å². The van der Waals surface area contributed by atoms with Crippen LogP contribution in [-0.2, 0) is 9.47 Å². The molecule has 12 heavy (non-hydrogen) atoms. The smallest absolute Gasteiger partial charge is 0.230 e. The average Bonchev–Trinajstić information content (AvgIpc) is 2.48. The van der Waals surface area contributed by atoms with Crippen molar-refractivity contribution in [2.75, 3.05) is 6.61 Å². The van der Waals surface area contributed by atoms with Gasteiger partial charge < -0.3 is 9.47 Å². The van der Waals surface area contributed by atoms with Gasteiger partial charge >= 0.3 is 0 Å². The number of rotatable bonds is 2. The lowest BCUT2D eigenvalue weighted by atomic mass is 10.0. The molecule has 0 aromatic heterocycles. The molecule has 68 valence electrons. The first kappa shape index (κ1) is 9.57. The summed E-state index contributed by atoms with van der Waals surface area (Å²) < 4.78 is 11.0. The number of hydrogen-bond donors (Lipinski definition) is 0. The van der Waals surface area contributed by atoms with Gasteiger partial charge in [0.2, 0.25) is 5.79 Å². The Morgan fingerprint density at radius 1 is 1.75 bits per heavy atom. The van der Waals surface area contributed by atoms with Crippen molar-refractivity contribution < 1.29 is 9.47 Å². The minimum absolute atomic E-state index is 0.163. The maximum atomic E-state index is 5.59. The summed E-state index contributed by atoms with van der Waals surface area (Å²) in [6.45, 7) is 6.70. The second-order valence-corrected chi connectivity index (χ2v) is 3.44. The molecule has 0 amide bonds. The molecule has 1 rings (SSSR count). The molecule has 0 saturated carbocycles. The number of ether oxygens (including phenoxy) is 2. The third kappa shape index (κ3) is 1.80. The fourth-order valence-electron chi connectivity index (χ4n) is 1.22. The summed E-state index contributed by atoms with van der Waals surface area (Å²) in [4.78, 5) is 0. The van der Waals surface area contributed by atoms with Crippen molar-refractivity contribution in [1.29, 1.82) is 0 Å². The van der Waals surface area contributed by atoms with E-state index >= 15 is 0 Å². The fourth-order valence-corrected chi connectivity index (χ4v) is 1.22. The summed E-state index contributed by atoms with van der Waals surface area (Å²) in [5.41, 5.74) is 0. The summed E-state index contributed by atoms with van der Waals surface area (Å²) in [6.07, 6.45) is 6.53. The van der Waals surface area contributed by atoms with Gasteiger partial charge in [-0.15, -0.1) is 6.42 Å². The van der Waals surface area contributed by atoms with Crippen molar-refractivity contribution in [2.24, 2.45) is 5.92 Å². The van der Waals surface area contributed by atoms with Crippen LogP contribution in [0.1, 0.15) is 27.2 Å². The summed E-state index contributed by atoms with van der Waals surface area (Å²) >= 11 is 0. The third-order valence-corrected chi connectivity index (χ3v) is 2.44. The standard InChI is InChI=1S/C10H16O2/c1-5-8(3)9-7-11-10(4,6-2)12-9/h2,8-9H,5,7H2,1,3-4H3. The SMILES string of the molecule is C#CC1(C)OCC(C(C)CC)O1. The molecule has 2 heteroatoms. The van der Waals surface area contributed by atoms with Crippen LogP contribution >= 0.6 is 0 Å². The Labute approximate surface area is 74.2 Å². The lowest BCUT2D eigenvalue weighted by Crippen LogP contribution is -2.26. The van der Waals surface area contributed by atoms with Crippen LogP contribution in [0.2, 0.25) is 0 Å². The van der Waals surface area contributed by atoms with Gasteiger partial charge in [-0.25, -0.2) is 0 Å². The minimum Gasteiger partial charge on any atom is -0.337 e. The van der Waals surface area contributed by atoms with Crippen LogP contribution in [0, 0.1) is 18.3 Å². The predicted octanol–water partition coefficient (Wildman–Crippen LogP) is 1.80. The highest BCUT2D eigenvalue weighted by Crippen LogP contribution is 2.27. The molecule has 1 aliphatic rings. The Kier molecular flexibility index (Phi) is 2.76. The Balaban J connectivity index is 2.52. The Morgan fingerprint density at radius 3 is 2.83 bits per heavy atom. The van der Waals surface area contributed by atoms with Gasteiger partial charge in [-0.05, 0) is 11.8 Å². The molecular formula is C10H16O2. The lowest BCUT2D eigenvalue weighted by Gasteiger charge is -2.19. The first-order valence-corrected chi connectivity index (χ1v) is 4.41. The molecule has 0 N–H and O–H groups in total. The Morgan fingerprint density at radius 2 is 2.42 bits per heavy atom. The van der Waals surface area contributed by atoms with E-state index in [-0.39, 0.29) is 6.10 Å². The molecule has 1 saturated heterocycles. The van der Waals surface area contributed by atoms with Crippen LogP contribution in [0.25, 0.3) is 0 Å². The predicted molar refractivity (Wildman–Crippen MR) is 47.5 cm³/mol. The van der Waals surface area contributed by atoms with E-state index in [2.05, 4.69) is 19.8 Å². The van der Waals surface area contributed by atoms with Gasteiger partial charge in [0.05, 0.1) is 12.7 Å². The topological polar surface area (TPSA) is 18.5 Å². The van der Waals surface area contributed by atoms with Crippen LogP contribution in [0.3, 0.4) is 0 Å². The van der Waals surface area contributed by atoms with Crippen molar-refractivity contribution >= 4 is 0 Å². The average molecular weight is 168 g/mol. The fraction of sp³-hybridized carbons (Fsp3) is 0.800. The van der Waals surface area contributed by atoms with E-state index in [1.165, 1.54) is 0 Å². The quantitative estimate of drug-likeness (QED) is 0.585. The zero-order valence-electron chi connectivity index (χ0n) is 7.96. The van der Waals surface area contributed by atoms with Gasteiger partial charge in [-0.2, -0.15) is 0 Å². The van der Waals surface area contributed by atoms with Crippen molar-refractivity contribution in [1.82, 2.24) is 0 Å². The van der Waals surface area contributed by atoms with Gasteiger partial charge in [0.1, 0.15) is 0 Å². The first-order valence-electron chi connectivity index (χ1n) is 4.41. The van der Waals surface area contributed by atoms with Gasteiger partial charge in [0, 0.05) is 6.92 Å². The van der Waals surface area contributed by atoms with Gasteiger partial charge in [-0.1, -0.05) is 20.3 Å². The van der Waals surface area contributed by atoms with Crippen LogP contribution < -0.4 is 0 Å². The largest absolute Gasteiger partial charge is 0.337 e. The highest BCUT2D eigenvalue weighted by atomic mass is 16.7. The van der Waals surface area contributed by atoms with Crippen LogP contribution in [-0.4, -0.2) is 18.5 Å². The molecule has 0 aliphatic carbocycles. The summed E-state index contributed by atoms with van der Waals surface area (Å²) in [7, 11) is 0. The van der Waals surface area contributed by atoms with Gasteiger partial charge in [-0.3, -0.25) is 0 Å². The molecule has 0 bridgehead atoms. The van der Waals surface area contributed by atoms with Crippen LogP contribution in [0.5, 0.6) is 0 Å².